The lowest BCUT2D eigenvalue weighted by Crippen LogP contribution is -2.33. The molecule has 0 fully saturated rings. The van der Waals surface area contributed by atoms with E-state index in [1.807, 2.05) is 6.26 Å². The van der Waals surface area contributed by atoms with Gasteiger partial charge in [0.25, 0.3) is 0 Å². The Balaban J connectivity index is 2.57. The summed E-state index contributed by atoms with van der Waals surface area (Å²) in [6.45, 7) is 2.69. The first-order chi connectivity index (χ1) is 6.15. The third kappa shape index (κ3) is 2.55. The van der Waals surface area contributed by atoms with Crippen LogP contribution in [0.1, 0.15) is 13.3 Å². The fourth-order valence-corrected chi connectivity index (χ4v) is 1.78. The van der Waals surface area contributed by atoms with Gasteiger partial charge in [0.15, 0.2) is 5.17 Å². The molecule has 1 amide bonds. The maximum absolute atomic E-state index is 11.4. The summed E-state index contributed by atoms with van der Waals surface area (Å²) in [7, 11) is 0. The smallest absolute Gasteiger partial charge is 0.236 e. The number of Topliss-reactive ketones (excluding diaryl/α,β-unsaturated/α-hetero) is 1. The first-order valence-electron chi connectivity index (χ1n) is 4.03. The molecule has 0 unspecified atom stereocenters. The monoisotopic (exact) mass is 200 g/mol. The first-order valence-corrected chi connectivity index (χ1v) is 5.26. The van der Waals surface area contributed by atoms with Gasteiger partial charge in [-0.15, -0.1) is 0 Å². The standard InChI is InChI=1S/C8H12N2O2S/c1-6(11)5-7(12)10-4-3-9-8(10)13-2/h3-5H2,1-2H3. The lowest BCUT2D eigenvalue weighted by Gasteiger charge is -2.15. The molecule has 0 bridgehead atoms. The Morgan fingerprint density at radius 1 is 1.62 bits per heavy atom. The highest BCUT2D eigenvalue weighted by Crippen LogP contribution is 2.12. The highest BCUT2D eigenvalue weighted by Gasteiger charge is 2.23. The zero-order valence-electron chi connectivity index (χ0n) is 7.74. The van der Waals surface area contributed by atoms with E-state index < -0.39 is 0 Å². The predicted molar refractivity (Wildman–Crippen MR) is 52.8 cm³/mol. The summed E-state index contributed by atoms with van der Waals surface area (Å²) < 4.78 is 0. The molecule has 0 aromatic rings. The molecule has 5 heteroatoms. The van der Waals surface area contributed by atoms with Crippen molar-refractivity contribution >= 4 is 28.6 Å². The number of nitrogens with zero attached hydrogens (tertiary/aromatic N) is 2. The number of carbonyl (C=O) groups excluding carboxylic acids is 2. The van der Waals surface area contributed by atoms with E-state index in [2.05, 4.69) is 4.99 Å². The van der Waals surface area contributed by atoms with Gasteiger partial charge in [-0.05, 0) is 13.2 Å². The SMILES string of the molecule is CSC1=NCCN1C(=O)CC(C)=O. The summed E-state index contributed by atoms with van der Waals surface area (Å²) in [6.07, 6.45) is 1.86. The number of aliphatic imine (C=N–C) groups is 1. The van der Waals surface area contributed by atoms with Crippen LogP contribution in [-0.4, -0.2) is 41.1 Å². The van der Waals surface area contributed by atoms with Crippen LogP contribution in [0.15, 0.2) is 4.99 Å². The van der Waals surface area contributed by atoms with E-state index in [1.54, 1.807) is 4.90 Å². The van der Waals surface area contributed by atoms with Crippen molar-refractivity contribution in [2.45, 2.75) is 13.3 Å². The van der Waals surface area contributed by atoms with Gasteiger partial charge in [-0.3, -0.25) is 19.5 Å². The van der Waals surface area contributed by atoms with Crippen LogP contribution in [0.4, 0.5) is 0 Å². The lowest BCUT2D eigenvalue weighted by molar-refractivity contribution is -0.131. The fourth-order valence-electron chi connectivity index (χ4n) is 1.14. The molecule has 0 spiro atoms. The van der Waals surface area contributed by atoms with Crippen LogP contribution in [-0.2, 0) is 9.59 Å². The van der Waals surface area contributed by atoms with E-state index >= 15 is 0 Å². The molecule has 1 rings (SSSR count). The molecule has 13 heavy (non-hydrogen) atoms. The number of hydrogen-bond donors (Lipinski definition) is 0. The first kappa shape index (κ1) is 10.2. The quantitative estimate of drug-likeness (QED) is 0.611. The van der Waals surface area contributed by atoms with E-state index in [9.17, 15) is 9.59 Å². The van der Waals surface area contributed by atoms with Crippen LogP contribution in [0.25, 0.3) is 0 Å². The minimum atomic E-state index is -0.141. The summed E-state index contributed by atoms with van der Waals surface area (Å²) in [4.78, 5) is 27.9. The zero-order valence-corrected chi connectivity index (χ0v) is 8.56. The molecule has 0 atom stereocenters. The van der Waals surface area contributed by atoms with Crippen LogP contribution in [0.5, 0.6) is 0 Å². The Morgan fingerprint density at radius 3 is 2.85 bits per heavy atom. The maximum atomic E-state index is 11.4. The van der Waals surface area contributed by atoms with Crippen LogP contribution in [0.2, 0.25) is 0 Å². The second kappa shape index (κ2) is 4.41. The second-order valence-corrected chi connectivity index (χ2v) is 3.57. The van der Waals surface area contributed by atoms with Gasteiger partial charge in [0, 0.05) is 6.54 Å². The van der Waals surface area contributed by atoms with Crippen LogP contribution in [0.3, 0.4) is 0 Å². The third-order valence-corrected chi connectivity index (χ3v) is 2.40. The van der Waals surface area contributed by atoms with E-state index in [-0.39, 0.29) is 18.1 Å². The van der Waals surface area contributed by atoms with Crippen molar-refractivity contribution in [2.24, 2.45) is 4.99 Å². The highest BCUT2D eigenvalue weighted by molar-refractivity contribution is 8.13. The molecule has 0 aromatic carbocycles. The van der Waals surface area contributed by atoms with Crippen LogP contribution >= 0.6 is 11.8 Å². The lowest BCUT2D eigenvalue weighted by atomic mass is 10.3. The van der Waals surface area contributed by atoms with Crippen molar-refractivity contribution in [3.8, 4) is 0 Å². The van der Waals surface area contributed by atoms with Gasteiger partial charge in [0.2, 0.25) is 5.91 Å². The van der Waals surface area contributed by atoms with Gasteiger partial charge in [0.1, 0.15) is 5.78 Å². The molecule has 0 N–H and O–H groups in total. The van der Waals surface area contributed by atoms with Gasteiger partial charge in [-0.2, -0.15) is 0 Å². The second-order valence-electron chi connectivity index (χ2n) is 2.79. The number of rotatable bonds is 2. The van der Waals surface area contributed by atoms with Crippen molar-refractivity contribution in [3.05, 3.63) is 0 Å². The molecule has 72 valence electrons. The van der Waals surface area contributed by atoms with Crippen molar-refractivity contribution in [1.82, 2.24) is 4.90 Å². The minimum absolute atomic E-state index is 0.0143. The molecular weight excluding hydrogens is 188 g/mol. The average molecular weight is 200 g/mol. The summed E-state index contributed by atoms with van der Waals surface area (Å²) in [5, 5.41) is 0.728. The Bertz CT molecular complexity index is 263. The van der Waals surface area contributed by atoms with Gasteiger partial charge in [-0.25, -0.2) is 0 Å². The number of thioether (sulfide) groups is 1. The molecule has 1 aliphatic heterocycles. The van der Waals surface area contributed by atoms with Crippen molar-refractivity contribution < 1.29 is 9.59 Å². The van der Waals surface area contributed by atoms with Crippen molar-refractivity contribution in [3.63, 3.8) is 0 Å². The molecule has 0 radical (unpaired) electrons. The number of hydrogen-bond acceptors (Lipinski definition) is 4. The largest absolute Gasteiger partial charge is 0.299 e. The number of amidine groups is 1. The Labute approximate surface area is 81.4 Å². The van der Waals surface area contributed by atoms with Crippen LogP contribution < -0.4 is 0 Å². The van der Waals surface area contributed by atoms with Crippen molar-refractivity contribution in [1.29, 1.82) is 0 Å². The maximum Gasteiger partial charge on any atom is 0.236 e. The molecule has 1 heterocycles. The van der Waals surface area contributed by atoms with Gasteiger partial charge in [-0.1, -0.05) is 11.8 Å². The van der Waals surface area contributed by atoms with E-state index in [0.29, 0.717) is 13.1 Å². The van der Waals surface area contributed by atoms with Gasteiger partial charge in [0.05, 0.1) is 13.0 Å². The third-order valence-electron chi connectivity index (χ3n) is 1.69. The Morgan fingerprint density at radius 2 is 2.31 bits per heavy atom. The summed E-state index contributed by atoms with van der Waals surface area (Å²) >= 11 is 1.44. The minimum Gasteiger partial charge on any atom is -0.299 e. The fraction of sp³-hybridized carbons (Fsp3) is 0.625. The number of carbonyl (C=O) groups is 2. The summed E-state index contributed by atoms with van der Waals surface area (Å²) in [5.41, 5.74) is 0. The number of amides is 1. The van der Waals surface area contributed by atoms with Crippen molar-refractivity contribution in [2.75, 3.05) is 19.3 Å². The summed E-state index contributed by atoms with van der Waals surface area (Å²) in [5.74, 6) is -0.240. The number of ketones is 1. The molecular formula is C8H12N2O2S. The van der Waals surface area contributed by atoms with E-state index in [0.717, 1.165) is 5.17 Å². The van der Waals surface area contributed by atoms with Gasteiger partial charge < -0.3 is 0 Å². The normalized spacial score (nSPS) is 15.8. The molecule has 4 nitrogen and oxygen atoms in total. The molecule has 0 aliphatic carbocycles. The highest BCUT2D eigenvalue weighted by atomic mass is 32.2. The summed E-state index contributed by atoms with van der Waals surface area (Å²) in [6, 6.07) is 0. The predicted octanol–water partition coefficient (Wildman–Crippen LogP) is 0.527. The topological polar surface area (TPSA) is 49.7 Å². The molecule has 0 saturated carbocycles. The van der Waals surface area contributed by atoms with Crippen LogP contribution in [0, 0.1) is 0 Å². The molecule has 0 saturated heterocycles. The Hall–Kier alpha value is -0.840. The van der Waals surface area contributed by atoms with E-state index in [1.165, 1.54) is 18.7 Å². The molecule has 0 aromatic heterocycles. The Kier molecular flexibility index (Phi) is 3.48. The van der Waals surface area contributed by atoms with E-state index in [4.69, 9.17) is 0 Å². The average Bonchev–Trinajstić information content (AvgIpc) is 2.49. The molecule has 1 aliphatic rings. The zero-order chi connectivity index (χ0) is 9.84. The van der Waals surface area contributed by atoms with Gasteiger partial charge >= 0.3 is 0 Å².